The highest BCUT2D eigenvalue weighted by Gasteiger charge is 2.31. The molecular formula is C30H35N5O3S. The SMILES string of the molecule is CCc1ccc(S(=O)(=O)N2CCN(C(C)c3nc(NCc4ccccc4OC)c4ccccc4n3)CC2)cc1. The van der Waals surface area contributed by atoms with Gasteiger partial charge in [-0.25, -0.2) is 18.4 Å². The van der Waals surface area contributed by atoms with E-state index in [0.717, 1.165) is 40.0 Å². The summed E-state index contributed by atoms with van der Waals surface area (Å²) in [6.07, 6.45) is 0.880. The molecule has 0 radical (unpaired) electrons. The highest BCUT2D eigenvalue weighted by molar-refractivity contribution is 7.89. The minimum Gasteiger partial charge on any atom is -0.496 e. The van der Waals surface area contributed by atoms with Gasteiger partial charge in [-0.2, -0.15) is 4.31 Å². The van der Waals surface area contributed by atoms with Crippen LogP contribution in [0.3, 0.4) is 0 Å². The van der Waals surface area contributed by atoms with Crippen molar-refractivity contribution < 1.29 is 13.2 Å². The first-order valence-electron chi connectivity index (χ1n) is 13.4. The summed E-state index contributed by atoms with van der Waals surface area (Å²) < 4.78 is 33.5. The van der Waals surface area contributed by atoms with Gasteiger partial charge in [0.2, 0.25) is 10.0 Å². The Labute approximate surface area is 230 Å². The van der Waals surface area contributed by atoms with Gasteiger partial charge in [-0.05, 0) is 49.2 Å². The van der Waals surface area contributed by atoms with Gasteiger partial charge >= 0.3 is 0 Å². The van der Waals surface area contributed by atoms with E-state index in [1.165, 1.54) is 0 Å². The van der Waals surface area contributed by atoms with Crippen molar-refractivity contribution in [1.82, 2.24) is 19.2 Å². The first kappa shape index (κ1) is 27.1. The van der Waals surface area contributed by atoms with Crippen LogP contribution in [-0.4, -0.2) is 60.9 Å². The minimum atomic E-state index is -3.52. The number of hydrogen-bond acceptors (Lipinski definition) is 7. The first-order chi connectivity index (χ1) is 18.9. The van der Waals surface area contributed by atoms with Crippen LogP contribution in [0, 0.1) is 0 Å². The number of nitrogens with zero attached hydrogens (tertiary/aromatic N) is 4. The van der Waals surface area contributed by atoms with Gasteiger partial charge < -0.3 is 10.1 Å². The van der Waals surface area contributed by atoms with E-state index in [2.05, 4.69) is 24.1 Å². The minimum absolute atomic E-state index is 0.0740. The number of methoxy groups -OCH3 is 1. The predicted molar refractivity (Wildman–Crippen MR) is 154 cm³/mol. The lowest BCUT2D eigenvalue weighted by Gasteiger charge is -2.37. The Morgan fingerprint density at radius 2 is 1.62 bits per heavy atom. The number of nitrogens with one attached hydrogen (secondary N) is 1. The zero-order valence-electron chi connectivity index (χ0n) is 22.7. The van der Waals surface area contributed by atoms with Crippen molar-refractivity contribution in [3.63, 3.8) is 0 Å². The van der Waals surface area contributed by atoms with Crippen LogP contribution < -0.4 is 10.1 Å². The topological polar surface area (TPSA) is 87.7 Å². The molecule has 0 aliphatic carbocycles. The Bertz CT molecular complexity index is 1530. The molecule has 0 spiro atoms. The van der Waals surface area contributed by atoms with Gasteiger partial charge in [-0.3, -0.25) is 4.90 Å². The van der Waals surface area contributed by atoms with Crippen LogP contribution in [0.1, 0.15) is 36.8 Å². The molecule has 1 aliphatic rings. The third-order valence-corrected chi connectivity index (χ3v) is 9.34. The number of para-hydroxylation sites is 2. The molecule has 8 nitrogen and oxygen atoms in total. The highest BCUT2D eigenvalue weighted by atomic mass is 32.2. The summed E-state index contributed by atoms with van der Waals surface area (Å²) in [5.41, 5.74) is 3.03. The van der Waals surface area contributed by atoms with Gasteiger partial charge in [0.05, 0.1) is 23.6 Å². The van der Waals surface area contributed by atoms with E-state index in [0.29, 0.717) is 43.4 Å². The molecule has 1 aromatic heterocycles. The van der Waals surface area contributed by atoms with Gasteiger partial charge in [0.1, 0.15) is 17.4 Å². The molecule has 1 atom stereocenters. The van der Waals surface area contributed by atoms with E-state index >= 15 is 0 Å². The lowest BCUT2D eigenvalue weighted by atomic mass is 10.1. The van der Waals surface area contributed by atoms with E-state index in [-0.39, 0.29) is 6.04 Å². The van der Waals surface area contributed by atoms with Crippen molar-refractivity contribution in [2.24, 2.45) is 0 Å². The fourth-order valence-corrected chi connectivity index (χ4v) is 6.41. The number of ether oxygens (including phenoxy) is 1. The second kappa shape index (κ2) is 11.7. The van der Waals surface area contributed by atoms with Crippen LogP contribution in [0.15, 0.2) is 77.7 Å². The second-order valence-corrected chi connectivity index (χ2v) is 11.7. The van der Waals surface area contributed by atoms with Gasteiger partial charge in [-0.1, -0.05) is 49.4 Å². The number of benzene rings is 3. The molecule has 0 bridgehead atoms. The Morgan fingerprint density at radius 1 is 0.923 bits per heavy atom. The molecule has 3 aromatic carbocycles. The summed E-state index contributed by atoms with van der Waals surface area (Å²) in [7, 11) is -1.85. The number of fused-ring (bicyclic) bond motifs is 1. The van der Waals surface area contributed by atoms with Gasteiger partial charge in [0.25, 0.3) is 0 Å². The number of hydrogen-bond donors (Lipinski definition) is 1. The maximum Gasteiger partial charge on any atom is 0.243 e. The fourth-order valence-electron chi connectivity index (χ4n) is 4.98. The molecular weight excluding hydrogens is 510 g/mol. The van der Waals surface area contributed by atoms with Gasteiger partial charge in [0, 0.05) is 43.7 Å². The van der Waals surface area contributed by atoms with Crippen LogP contribution in [-0.2, 0) is 23.0 Å². The Morgan fingerprint density at radius 3 is 2.33 bits per heavy atom. The zero-order chi connectivity index (χ0) is 27.4. The monoisotopic (exact) mass is 545 g/mol. The smallest absolute Gasteiger partial charge is 0.243 e. The third-order valence-electron chi connectivity index (χ3n) is 7.42. The predicted octanol–water partition coefficient (Wildman–Crippen LogP) is 4.88. The molecule has 5 rings (SSSR count). The van der Waals surface area contributed by atoms with Crippen LogP contribution >= 0.6 is 0 Å². The summed E-state index contributed by atoms with van der Waals surface area (Å²) in [5, 5.41) is 4.45. The largest absolute Gasteiger partial charge is 0.496 e. The average Bonchev–Trinajstić information content (AvgIpc) is 2.99. The molecule has 4 aromatic rings. The molecule has 1 aliphatic heterocycles. The average molecular weight is 546 g/mol. The summed E-state index contributed by atoms with van der Waals surface area (Å²) in [6, 6.07) is 23.0. The molecule has 39 heavy (non-hydrogen) atoms. The number of rotatable bonds is 9. The summed E-state index contributed by atoms with van der Waals surface area (Å²) in [4.78, 5) is 12.4. The quantitative estimate of drug-likeness (QED) is 0.321. The van der Waals surface area contributed by atoms with Gasteiger partial charge in [-0.15, -0.1) is 0 Å². The molecule has 2 heterocycles. The van der Waals surface area contributed by atoms with Crippen molar-refractivity contribution in [3.8, 4) is 5.75 Å². The fraction of sp³-hybridized carbons (Fsp3) is 0.333. The van der Waals surface area contributed by atoms with E-state index in [4.69, 9.17) is 14.7 Å². The normalized spacial score (nSPS) is 15.8. The maximum atomic E-state index is 13.2. The van der Waals surface area contributed by atoms with Crippen LogP contribution in [0.4, 0.5) is 5.82 Å². The molecule has 1 unspecified atom stereocenters. The Hall–Kier alpha value is -3.53. The van der Waals surface area contributed by atoms with E-state index in [1.54, 1.807) is 23.5 Å². The zero-order valence-corrected chi connectivity index (χ0v) is 23.5. The molecule has 0 saturated carbocycles. The number of aromatic nitrogens is 2. The molecule has 1 saturated heterocycles. The van der Waals surface area contributed by atoms with Crippen LogP contribution in [0.5, 0.6) is 5.75 Å². The highest BCUT2D eigenvalue weighted by Crippen LogP contribution is 2.28. The van der Waals surface area contributed by atoms with E-state index in [9.17, 15) is 8.42 Å². The Kier molecular flexibility index (Phi) is 8.11. The number of sulfonamides is 1. The maximum absolute atomic E-state index is 13.2. The summed E-state index contributed by atoms with van der Waals surface area (Å²) >= 11 is 0. The standard InChI is InChI=1S/C30H35N5O3S/c1-4-23-13-15-25(16-14-23)39(36,37)35-19-17-34(18-20-35)22(2)29-32-27-11-7-6-10-26(27)30(33-29)31-21-24-9-5-8-12-28(24)38-3/h5-16,22H,4,17-21H2,1-3H3,(H,31,32,33). The van der Waals surface area contributed by atoms with E-state index < -0.39 is 10.0 Å². The van der Waals surface area contributed by atoms with Crippen molar-refractivity contribution >= 4 is 26.7 Å². The van der Waals surface area contributed by atoms with Gasteiger partial charge in [0.15, 0.2) is 0 Å². The summed E-state index contributed by atoms with van der Waals surface area (Å²) in [5.74, 6) is 2.30. The lowest BCUT2D eigenvalue weighted by molar-refractivity contribution is 0.141. The van der Waals surface area contributed by atoms with Crippen molar-refractivity contribution in [2.45, 2.75) is 37.8 Å². The van der Waals surface area contributed by atoms with Crippen LogP contribution in [0.2, 0.25) is 0 Å². The lowest BCUT2D eigenvalue weighted by Crippen LogP contribution is -2.49. The first-order valence-corrected chi connectivity index (χ1v) is 14.8. The van der Waals surface area contributed by atoms with Crippen LogP contribution in [0.25, 0.3) is 10.9 Å². The summed E-state index contributed by atoms with van der Waals surface area (Å²) in [6.45, 7) is 6.77. The van der Waals surface area contributed by atoms with Crippen molar-refractivity contribution in [3.05, 3.63) is 89.7 Å². The third kappa shape index (κ3) is 5.75. The molecule has 204 valence electrons. The Balaban J connectivity index is 1.32. The van der Waals surface area contributed by atoms with E-state index in [1.807, 2.05) is 60.7 Å². The number of piperazine rings is 1. The number of aryl methyl sites for hydroxylation is 1. The molecule has 1 N–H and O–H groups in total. The second-order valence-electron chi connectivity index (χ2n) is 9.73. The number of anilines is 1. The molecule has 1 fully saturated rings. The van der Waals surface area contributed by atoms with Crippen molar-refractivity contribution in [2.75, 3.05) is 38.6 Å². The molecule has 0 amide bonds. The van der Waals surface area contributed by atoms with Crippen molar-refractivity contribution in [1.29, 1.82) is 0 Å². The molecule has 9 heteroatoms.